The Kier molecular flexibility index (Phi) is 5.46. The molecule has 0 bridgehead atoms. The second-order valence-electron chi connectivity index (χ2n) is 6.51. The molecule has 1 aromatic rings. The van der Waals surface area contributed by atoms with Crippen LogP contribution in [0.5, 0.6) is 0 Å². The highest BCUT2D eigenvalue weighted by atomic mass is 79.9. The summed E-state index contributed by atoms with van der Waals surface area (Å²) >= 11 is 3.57. The van der Waals surface area contributed by atoms with E-state index in [9.17, 15) is 5.11 Å². The smallest absolute Gasteiger partial charge is 0.115 e. The Hall–Kier alpha value is -0.430. The van der Waals surface area contributed by atoms with E-state index in [0.717, 1.165) is 36.1 Å². The predicted molar refractivity (Wildman–Crippen MR) is 88.3 cm³/mol. The van der Waals surface area contributed by atoms with E-state index in [2.05, 4.69) is 44.9 Å². The molecule has 2 rings (SSSR count). The molecule has 1 aliphatic rings. The molecule has 1 heterocycles. The van der Waals surface area contributed by atoms with Gasteiger partial charge in [-0.25, -0.2) is 0 Å². The first-order valence-electron chi connectivity index (χ1n) is 7.60. The number of aliphatic hydroxyl groups excluding tert-OH is 1. The van der Waals surface area contributed by atoms with Crippen molar-refractivity contribution < 1.29 is 5.11 Å². The maximum atomic E-state index is 11.1. The summed E-state index contributed by atoms with van der Waals surface area (Å²) in [5.41, 5.74) is 0.741. The van der Waals surface area contributed by atoms with Crippen LogP contribution in [0.15, 0.2) is 10.7 Å². The summed E-state index contributed by atoms with van der Waals surface area (Å²) < 4.78 is 2.85. The fourth-order valence-electron chi connectivity index (χ4n) is 3.32. The average Bonchev–Trinajstić information content (AvgIpc) is 3.03. The molecule has 1 saturated carbocycles. The molecule has 21 heavy (non-hydrogen) atoms. The quantitative estimate of drug-likeness (QED) is 0.845. The molecule has 6 heteroatoms. The van der Waals surface area contributed by atoms with Crippen LogP contribution < -0.4 is 0 Å². The Labute approximate surface area is 136 Å². The molecule has 0 saturated heterocycles. The van der Waals surface area contributed by atoms with E-state index in [4.69, 9.17) is 0 Å². The Morgan fingerprint density at radius 3 is 2.48 bits per heavy atom. The van der Waals surface area contributed by atoms with Crippen molar-refractivity contribution in [1.82, 2.24) is 19.6 Å². The van der Waals surface area contributed by atoms with Crippen LogP contribution in [-0.2, 0) is 6.54 Å². The molecule has 0 spiro atoms. The van der Waals surface area contributed by atoms with Gasteiger partial charge < -0.3 is 14.9 Å². The van der Waals surface area contributed by atoms with E-state index in [1.807, 2.05) is 18.8 Å². The monoisotopic (exact) mass is 358 g/mol. The van der Waals surface area contributed by atoms with Gasteiger partial charge in [-0.05, 0) is 57.0 Å². The summed E-state index contributed by atoms with van der Waals surface area (Å²) in [6.45, 7) is 1.69. The number of aromatic nitrogens is 2. The van der Waals surface area contributed by atoms with Gasteiger partial charge in [0.25, 0.3) is 0 Å². The van der Waals surface area contributed by atoms with Crippen molar-refractivity contribution in [3.05, 3.63) is 16.4 Å². The van der Waals surface area contributed by atoms with Crippen molar-refractivity contribution in [2.45, 2.75) is 43.9 Å². The SMILES string of the molecule is CN(C)CCn1ncc(Br)c1C(O)C1(N(C)C)CCCC1. The van der Waals surface area contributed by atoms with Crippen LogP contribution in [0, 0.1) is 0 Å². The highest BCUT2D eigenvalue weighted by Crippen LogP contribution is 2.44. The lowest BCUT2D eigenvalue weighted by molar-refractivity contribution is -0.0105. The first kappa shape index (κ1) is 16.9. The van der Waals surface area contributed by atoms with Crippen LogP contribution in [0.3, 0.4) is 0 Å². The van der Waals surface area contributed by atoms with E-state index in [1.54, 1.807) is 6.20 Å². The number of aliphatic hydroxyl groups is 1. The van der Waals surface area contributed by atoms with Crippen molar-refractivity contribution >= 4 is 15.9 Å². The minimum absolute atomic E-state index is 0.168. The van der Waals surface area contributed by atoms with Crippen LogP contribution in [0.4, 0.5) is 0 Å². The zero-order chi connectivity index (χ0) is 15.6. The molecule has 1 unspecified atom stereocenters. The summed E-state index contributed by atoms with van der Waals surface area (Å²) in [5, 5.41) is 15.5. The van der Waals surface area contributed by atoms with E-state index in [0.29, 0.717) is 0 Å². The number of hydrogen-bond donors (Lipinski definition) is 1. The Morgan fingerprint density at radius 2 is 1.95 bits per heavy atom. The van der Waals surface area contributed by atoms with Gasteiger partial charge in [0.2, 0.25) is 0 Å². The zero-order valence-electron chi connectivity index (χ0n) is 13.5. The first-order chi connectivity index (χ1) is 9.88. The predicted octanol–water partition coefficient (Wildman–Crippen LogP) is 2.11. The summed E-state index contributed by atoms with van der Waals surface area (Å²) in [7, 11) is 8.24. The molecule has 1 aliphatic carbocycles. The van der Waals surface area contributed by atoms with Crippen LogP contribution >= 0.6 is 15.9 Å². The molecule has 1 aromatic heterocycles. The molecule has 1 fully saturated rings. The van der Waals surface area contributed by atoms with Crippen molar-refractivity contribution in [1.29, 1.82) is 0 Å². The minimum Gasteiger partial charge on any atom is -0.385 e. The summed E-state index contributed by atoms with van der Waals surface area (Å²) in [6, 6.07) is 0. The number of halogens is 1. The van der Waals surface area contributed by atoms with Gasteiger partial charge in [0.05, 0.1) is 28.4 Å². The van der Waals surface area contributed by atoms with Gasteiger partial charge in [-0.15, -0.1) is 0 Å². The number of rotatable bonds is 6. The number of nitrogens with zero attached hydrogens (tertiary/aromatic N) is 4. The maximum Gasteiger partial charge on any atom is 0.115 e. The Balaban J connectivity index is 2.29. The van der Waals surface area contributed by atoms with Crippen molar-refractivity contribution in [3.63, 3.8) is 0 Å². The van der Waals surface area contributed by atoms with E-state index >= 15 is 0 Å². The fraction of sp³-hybridized carbons (Fsp3) is 0.800. The molecular weight excluding hydrogens is 332 g/mol. The largest absolute Gasteiger partial charge is 0.385 e. The first-order valence-corrected chi connectivity index (χ1v) is 8.39. The highest BCUT2D eigenvalue weighted by Gasteiger charge is 2.45. The highest BCUT2D eigenvalue weighted by molar-refractivity contribution is 9.10. The third-order valence-electron chi connectivity index (χ3n) is 4.72. The molecule has 0 radical (unpaired) electrons. The molecule has 1 atom stereocenters. The molecule has 0 aromatic carbocycles. The third-order valence-corrected chi connectivity index (χ3v) is 5.33. The second kappa shape index (κ2) is 6.77. The molecule has 1 N–H and O–H groups in total. The van der Waals surface area contributed by atoms with Crippen molar-refractivity contribution in [2.24, 2.45) is 0 Å². The van der Waals surface area contributed by atoms with E-state index < -0.39 is 6.10 Å². The summed E-state index contributed by atoms with van der Waals surface area (Å²) in [6.07, 6.45) is 5.71. The van der Waals surface area contributed by atoms with Crippen LogP contribution in [0.1, 0.15) is 37.5 Å². The molecular formula is C15H27BrN4O. The van der Waals surface area contributed by atoms with Crippen molar-refractivity contribution in [2.75, 3.05) is 34.7 Å². The van der Waals surface area contributed by atoms with Gasteiger partial charge in [0.15, 0.2) is 0 Å². The normalized spacial score (nSPS) is 19.6. The molecule has 0 aliphatic heterocycles. The standard InChI is InChI=1S/C15H27BrN4O/c1-18(2)9-10-20-13(12(16)11-17-20)14(21)15(19(3)4)7-5-6-8-15/h11,14,21H,5-10H2,1-4H3. The van der Waals surface area contributed by atoms with Gasteiger partial charge in [-0.1, -0.05) is 12.8 Å². The summed E-state index contributed by atoms with van der Waals surface area (Å²) in [5.74, 6) is 0. The van der Waals surface area contributed by atoms with Gasteiger partial charge in [-0.2, -0.15) is 5.10 Å². The molecule has 120 valence electrons. The maximum absolute atomic E-state index is 11.1. The van der Waals surface area contributed by atoms with Crippen LogP contribution in [0.25, 0.3) is 0 Å². The van der Waals surface area contributed by atoms with E-state index in [-0.39, 0.29) is 5.54 Å². The molecule has 5 nitrogen and oxygen atoms in total. The average molecular weight is 359 g/mol. The van der Waals surface area contributed by atoms with Gasteiger partial charge in [0, 0.05) is 6.54 Å². The van der Waals surface area contributed by atoms with Gasteiger partial charge >= 0.3 is 0 Å². The number of hydrogen-bond acceptors (Lipinski definition) is 4. The van der Waals surface area contributed by atoms with Crippen molar-refractivity contribution in [3.8, 4) is 0 Å². The number of likely N-dealkylation sites (N-methyl/N-ethyl adjacent to an activating group) is 2. The van der Waals surface area contributed by atoms with Gasteiger partial charge in [-0.3, -0.25) is 4.68 Å². The minimum atomic E-state index is -0.519. The molecule has 0 amide bonds. The lowest BCUT2D eigenvalue weighted by atomic mass is 9.87. The topological polar surface area (TPSA) is 44.5 Å². The Morgan fingerprint density at radius 1 is 1.33 bits per heavy atom. The Bertz CT molecular complexity index is 466. The van der Waals surface area contributed by atoms with E-state index in [1.165, 1.54) is 12.8 Å². The van der Waals surface area contributed by atoms with Crippen LogP contribution in [0.2, 0.25) is 0 Å². The lowest BCUT2D eigenvalue weighted by Crippen LogP contribution is -2.47. The third kappa shape index (κ3) is 3.33. The second-order valence-corrected chi connectivity index (χ2v) is 7.37. The fourth-order valence-corrected chi connectivity index (χ4v) is 3.84. The summed E-state index contributed by atoms with van der Waals surface area (Å²) in [4.78, 5) is 4.32. The van der Waals surface area contributed by atoms with Gasteiger partial charge in [0.1, 0.15) is 6.10 Å². The zero-order valence-corrected chi connectivity index (χ0v) is 15.1. The lowest BCUT2D eigenvalue weighted by Gasteiger charge is -2.40. The van der Waals surface area contributed by atoms with Crippen LogP contribution in [-0.4, -0.2) is 65.0 Å².